The summed E-state index contributed by atoms with van der Waals surface area (Å²) in [6.07, 6.45) is 8.96. The number of carbonyl (C=O) groups is 1. The third-order valence-electron chi connectivity index (χ3n) is 4.18. The van der Waals surface area contributed by atoms with E-state index in [1.165, 1.54) is 0 Å². The zero-order valence-electron chi connectivity index (χ0n) is 14.8. The third kappa shape index (κ3) is 3.77. The Labute approximate surface area is 156 Å². The Morgan fingerprint density at radius 1 is 1.11 bits per heavy atom. The molecule has 4 aromatic rings. The first-order valence-electron chi connectivity index (χ1n) is 8.50. The molecule has 1 aromatic carbocycles. The SMILES string of the molecule is Cn1cc(-c2cncc(CNC(=O)Nc3cccc4ncccc34)c2)cn1. The molecule has 0 saturated heterocycles. The molecule has 7 heteroatoms. The van der Waals surface area contributed by atoms with Gasteiger partial charge in [-0.25, -0.2) is 4.79 Å². The Kier molecular flexibility index (Phi) is 4.49. The monoisotopic (exact) mass is 358 g/mol. The summed E-state index contributed by atoms with van der Waals surface area (Å²) in [7, 11) is 1.87. The number of nitrogens with zero attached hydrogens (tertiary/aromatic N) is 4. The molecule has 4 rings (SSSR count). The molecular weight excluding hydrogens is 340 g/mol. The zero-order chi connectivity index (χ0) is 18.6. The molecule has 3 aromatic heterocycles. The fourth-order valence-corrected chi connectivity index (χ4v) is 2.87. The average molecular weight is 358 g/mol. The van der Waals surface area contributed by atoms with Crippen LogP contribution in [0.3, 0.4) is 0 Å². The summed E-state index contributed by atoms with van der Waals surface area (Å²) in [4.78, 5) is 20.9. The van der Waals surface area contributed by atoms with Gasteiger partial charge in [0.15, 0.2) is 0 Å². The highest BCUT2D eigenvalue weighted by Gasteiger charge is 2.07. The first-order valence-corrected chi connectivity index (χ1v) is 8.50. The number of rotatable bonds is 4. The Hall–Kier alpha value is -3.74. The molecule has 0 aliphatic heterocycles. The molecule has 2 amide bonds. The molecule has 2 N–H and O–H groups in total. The van der Waals surface area contributed by atoms with Gasteiger partial charge in [0.1, 0.15) is 0 Å². The number of nitrogens with one attached hydrogen (secondary N) is 2. The van der Waals surface area contributed by atoms with Crippen LogP contribution in [0, 0.1) is 0 Å². The Bertz CT molecular complexity index is 1100. The number of hydrogen-bond acceptors (Lipinski definition) is 4. The van der Waals surface area contributed by atoms with E-state index in [0.29, 0.717) is 6.54 Å². The van der Waals surface area contributed by atoms with Gasteiger partial charge in [0.25, 0.3) is 0 Å². The smallest absolute Gasteiger partial charge is 0.319 e. The van der Waals surface area contributed by atoms with Crippen molar-refractivity contribution in [2.24, 2.45) is 7.05 Å². The van der Waals surface area contributed by atoms with Gasteiger partial charge in [-0.2, -0.15) is 5.10 Å². The van der Waals surface area contributed by atoms with Gasteiger partial charge in [0, 0.05) is 54.9 Å². The van der Waals surface area contributed by atoms with Crippen LogP contribution in [0.5, 0.6) is 0 Å². The van der Waals surface area contributed by atoms with E-state index in [9.17, 15) is 4.79 Å². The van der Waals surface area contributed by atoms with Crippen LogP contribution in [0.4, 0.5) is 10.5 Å². The highest BCUT2D eigenvalue weighted by molar-refractivity contribution is 6.00. The van der Waals surface area contributed by atoms with Gasteiger partial charge in [0.2, 0.25) is 0 Å². The fraction of sp³-hybridized carbons (Fsp3) is 0.100. The van der Waals surface area contributed by atoms with Gasteiger partial charge in [-0.05, 0) is 35.9 Å². The molecule has 134 valence electrons. The maximum absolute atomic E-state index is 12.3. The fourth-order valence-electron chi connectivity index (χ4n) is 2.87. The molecule has 0 aliphatic carbocycles. The summed E-state index contributed by atoms with van der Waals surface area (Å²) in [5, 5.41) is 10.8. The van der Waals surface area contributed by atoms with Crippen LogP contribution in [0.25, 0.3) is 22.0 Å². The molecular formula is C20H18N6O. The van der Waals surface area contributed by atoms with Crippen LogP contribution < -0.4 is 10.6 Å². The number of aromatic nitrogens is 4. The van der Waals surface area contributed by atoms with Crippen molar-refractivity contribution in [3.63, 3.8) is 0 Å². The molecule has 0 fully saturated rings. The van der Waals surface area contributed by atoms with Crippen LogP contribution >= 0.6 is 0 Å². The number of fused-ring (bicyclic) bond motifs is 1. The summed E-state index contributed by atoms with van der Waals surface area (Å²) < 4.78 is 1.74. The van der Waals surface area contributed by atoms with Crippen LogP contribution in [0.15, 0.2) is 67.4 Å². The van der Waals surface area contributed by atoms with E-state index in [1.807, 2.05) is 49.6 Å². The van der Waals surface area contributed by atoms with Crippen molar-refractivity contribution in [1.29, 1.82) is 0 Å². The molecule has 0 atom stereocenters. The van der Waals surface area contributed by atoms with Crippen molar-refractivity contribution >= 4 is 22.6 Å². The number of hydrogen-bond donors (Lipinski definition) is 2. The minimum Gasteiger partial charge on any atom is -0.334 e. The Morgan fingerprint density at radius 3 is 2.89 bits per heavy atom. The lowest BCUT2D eigenvalue weighted by Crippen LogP contribution is -2.28. The predicted molar refractivity (Wildman–Crippen MR) is 104 cm³/mol. The van der Waals surface area contributed by atoms with Gasteiger partial charge in [-0.3, -0.25) is 14.6 Å². The molecule has 3 heterocycles. The van der Waals surface area contributed by atoms with Crippen molar-refractivity contribution in [2.45, 2.75) is 6.54 Å². The van der Waals surface area contributed by atoms with Gasteiger partial charge in [-0.15, -0.1) is 0 Å². The van der Waals surface area contributed by atoms with Crippen LogP contribution in [-0.4, -0.2) is 25.8 Å². The Morgan fingerprint density at radius 2 is 2.04 bits per heavy atom. The highest BCUT2D eigenvalue weighted by Crippen LogP contribution is 2.21. The third-order valence-corrected chi connectivity index (χ3v) is 4.18. The molecule has 0 spiro atoms. The minimum atomic E-state index is -0.280. The number of carbonyl (C=O) groups excluding carboxylic acids is 1. The lowest BCUT2D eigenvalue weighted by atomic mass is 10.1. The average Bonchev–Trinajstić information content (AvgIpc) is 3.13. The molecule has 0 saturated carbocycles. The van der Waals surface area contributed by atoms with Crippen LogP contribution in [-0.2, 0) is 13.6 Å². The van der Waals surface area contributed by atoms with E-state index >= 15 is 0 Å². The molecule has 0 aliphatic rings. The van der Waals surface area contributed by atoms with E-state index in [2.05, 4.69) is 25.7 Å². The summed E-state index contributed by atoms with van der Waals surface area (Å²) in [6.45, 7) is 0.371. The summed E-state index contributed by atoms with van der Waals surface area (Å²) >= 11 is 0. The van der Waals surface area contributed by atoms with Gasteiger partial charge in [-0.1, -0.05) is 6.07 Å². The normalized spacial score (nSPS) is 10.7. The predicted octanol–water partition coefficient (Wildman–Crippen LogP) is 3.35. The van der Waals surface area contributed by atoms with E-state index in [1.54, 1.807) is 29.5 Å². The first-order chi connectivity index (χ1) is 13.2. The standard InChI is InChI=1S/C20H18N6O/c1-26-13-16(12-24-26)15-8-14(9-21-11-15)10-23-20(27)25-19-6-2-5-18-17(19)4-3-7-22-18/h2-9,11-13H,10H2,1H3,(H2,23,25,27). The lowest BCUT2D eigenvalue weighted by molar-refractivity contribution is 0.252. The second-order valence-corrected chi connectivity index (χ2v) is 6.17. The number of amides is 2. The van der Waals surface area contributed by atoms with Crippen LogP contribution in [0.1, 0.15) is 5.56 Å². The van der Waals surface area contributed by atoms with Gasteiger partial charge < -0.3 is 10.6 Å². The van der Waals surface area contributed by atoms with Crippen LogP contribution in [0.2, 0.25) is 0 Å². The van der Waals surface area contributed by atoms with Gasteiger partial charge >= 0.3 is 6.03 Å². The number of anilines is 1. The first kappa shape index (κ1) is 16.7. The second kappa shape index (κ2) is 7.25. The van der Waals surface area contributed by atoms with Crippen molar-refractivity contribution in [2.75, 3.05) is 5.32 Å². The van der Waals surface area contributed by atoms with Gasteiger partial charge in [0.05, 0.1) is 17.4 Å². The molecule has 0 radical (unpaired) electrons. The van der Waals surface area contributed by atoms with E-state index in [4.69, 9.17) is 0 Å². The maximum Gasteiger partial charge on any atom is 0.319 e. The molecule has 0 unspecified atom stereocenters. The number of aryl methyl sites for hydroxylation is 1. The van der Waals surface area contributed by atoms with E-state index < -0.39 is 0 Å². The number of pyridine rings is 2. The lowest BCUT2D eigenvalue weighted by Gasteiger charge is -2.10. The quantitative estimate of drug-likeness (QED) is 0.586. The summed E-state index contributed by atoms with van der Waals surface area (Å²) in [5.74, 6) is 0. The van der Waals surface area contributed by atoms with Crippen molar-refractivity contribution in [3.05, 3.63) is 72.9 Å². The molecule has 7 nitrogen and oxygen atoms in total. The number of urea groups is 1. The minimum absolute atomic E-state index is 0.280. The molecule has 0 bridgehead atoms. The number of benzene rings is 1. The maximum atomic E-state index is 12.3. The van der Waals surface area contributed by atoms with E-state index in [0.717, 1.165) is 33.3 Å². The topological polar surface area (TPSA) is 84.7 Å². The largest absolute Gasteiger partial charge is 0.334 e. The second-order valence-electron chi connectivity index (χ2n) is 6.17. The Balaban J connectivity index is 1.43. The van der Waals surface area contributed by atoms with Crippen molar-refractivity contribution in [3.8, 4) is 11.1 Å². The van der Waals surface area contributed by atoms with Crippen molar-refractivity contribution < 1.29 is 4.79 Å². The highest BCUT2D eigenvalue weighted by atomic mass is 16.2. The van der Waals surface area contributed by atoms with E-state index in [-0.39, 0.29) is 6.03 Å². The summed E-state index contributed by atoms with van der Waals surface area (Å²) in [5.41, 5.74) is 4.41. The molecule has 27 heavy (non-hydrogen) atoms. The zero-order valence-corrected chi connectivity index (χ0v) is 14.8. The van der Waals surface area contributed by atoms with Crippen molar-refractivity contribution in [1.82, 2.24) is 25.1 Å². The summed E-state index contributed by atoms with van der Waals surface area (Å²) in [6, 6.07) is 11.1.